The second kappa shape index (κ2) is 10.3. The lowest BCUT2D eigenvalue weighted by Crippen LogP contribution is -2.41. The lowest BCUT2D eigenvalue weighted by Gasteiger charge is -2.21. The van der Waals surface area contributed by atoms with Crippen LogP contribution in [0.25, 0.3) is 0 Å². The number of likely N-dealkylation sites (tertiary alicyclic amines) is 1. The van der Waals surface area contributed by atoms with E-state index in [-0.39, 0.29) is 35.8 Å². The Morgan fingerprint density at radius 1 is 1.32 bits per heavy atom. The first kappa shape index (κ1) is 19.5. The van der Waals surface area contributed by atoms with Gasteiger partial charge in [0.15, 0.2) is 5.96 Å². The maximum absolute atomic E-state index is 11.5. The average molecular weight is 424 g/mol. The minimum atomic E-state index is 0. The Hall–Kier alpha value is -0.570. The minimum absolute atomic E-state index is 0. The minimum Gasteiger partial charge on any atom is -0.384 e. The third kappa shape index (κ3) is 6.28. The Balaban J connectivity index is 0.00000242. The summed E-state index contributed by atoms with van der Waals surface area (Å²) in [6, 6.07) is 0. The Bertz CT molecular complexity index is 375. The van der Waals surface area contributed by atoms with Gasteiger partial charge in [0, 0.05) is 45.1 Å². The second-order valence-corrected chi connectivity index (χ2v) is 5.86. The maximum atomic E-state index is 11.5. The summed E-state index contributed by atoms with van der Waals surface area (Å²) in [6.07, 6.45) is 3.25. The molecule has 2 fully saturated rings. The number of rotatable bonds is 7. The van der Waals surface area contributed by atoms with Crippen LogP contribution in [-0.2, 0) is 9.53 Å². The van der Waals surface area contributed by atoms with Crippen molar-refractivity contribution < 1.29 is 9.53 Å². The smallest absolute Gasteiger partial charge is 0.223 e. The molecule has 1 amide bonds. The molecule has 0 aromatic rings. The monoisotopic (exact) mass is 424 g/mol. The fourth-order valence-corrected chi connectivity index (χ4v) is 2.65. The number of carbonyl (C=O) groups is 1. The molecule has 1 saturated carbocycles. The maximum Gasteiger partial charge on any atom is 0.223 e. The molecule has 1 heterocycles. The molecule has 0 radical (unpaired) electrons. The van der Waals surface area contributed by atoms with Crippen molar-refractivity contribution in [1.29, 1.82) is 0 Å². The van der Waals surface area contributed by atoms with E-state index in [0.29, 0.717) is 19.0 Å². The number of amides is 1. The number of methoxy groups -OCH3 is 1. The average Bonchev–Trinajstić information content (AvgIpc) is 3.23. The fourth-order valence-electron chi connectivity index (χ4n) is 2.65. The van der Waals surface area contributed by atoms with E-state index in [0.717, 1.165) is 51.5 Å². The first-order chi connectivity index (χ1) is 10.2. The molecule has 2 N–H and O–H groups in total. The number of guanidine groups is 1. The number of halogens is 1. The van der Waals surface area contributed by atoms with E-state index in [1.54, 1.807) is 7.11 Å². The summed E-state index contributed by atoms with van der Waals surface area (Å²) in [5.74, 6) is 2.01. The van der Waals surface area contributed by atoms with Crippen molar-refractivity contribution in [2.24, 2.45) is 16.8 Å². The number of hydrogen-bond acceptors (Lipinski definition) is 3. The van der Waals surface area contributed by atoms with Crippen molar-refractivity contribution in [1.82, 2.24) is 15.5 Å². The summed E-state index contributed by atoms with van der Waals surface area (Å²) >= 11 is 0. The summed E-state index contributed by atoms with van der Waals surface area (Å²) in [7, 11) is 1.75. The molecule has 7 heteroatoms. The molecule has 0 aromatic carbocycles. The lowest BCUT2D eigenvalue weighted by molar-refractivity contribution is -0.122. The highest BCUT2D eigenvalue weighted by Gasteiger charge is 2.29. The molecule has 6 nitrogen and oxygen atoms in total. The van der Waals surface area contributed by atoms with Gasteiger partial charge in [-0.25, -0.2) is 0 Å². The van der Waals surface area contributed by atoms with Gasteiger partial charge in [-0.2, -0.15) is 0 Å². The Morgan fingerprint density at radius 2 is 2.09 bits per heavy atom. The van der Waals surface area contributed by atoms with Crippen LogP contribution in [0.4, 0.5) is 0 Å². The van der Waals surface area contributed by atoms with E-state index >= 15 is 0 Å². The number of hydrogen-bond donors (Lipinski definition) is 2. The van der Waals surface area contributed by atoms with E-state index in [1.807, 2.05) is 0 Å². The number of nitrogens with zero attached hydrogens (tertiary/aromatic N) is 2. The summed E-state index contributed by atoms with van der Waals surface area (Å²) < 4.78 is 5.23. The van der Waals surface area contributed by atoms with Crippen molar-refractivity contribution in [2.45, 2.75) is 26.2 Å². The highest BCUT2D eigenvalue weighted by Crippen LogP contribution is 2.28. The number of ether oxygens (including phenoxy) is 1. The number of aliphatic imine (C=N–C) groups is 1. The third-order valence-electron chi connectivity index (χ3n) is 3.94. The number of nitrogens with one attached hydrogen (secondary N) is 2. The molecular formula is C15H29IN4O2. The van der Waals surface area contributed by atoms with Crippen molar-refractivity contribution in [2.75, 3.05) is 46.4 Å². The highest BCUT2D eigenvalue weighted by molar-refractivity contribution is 14.0. The standard InChI is InChI=1S/C15H28N4O2.HI/c1-3-16-15(19-9-6-12(10-19)11-21-2)18-8-7-17-14(20)13-4-5-13;/h12-13H,3-11H2,1-2H3,(H,16,18)(H,17,20);1H. The van der Waals surface area contributed by atoms with Crippen molar-refractivity contribution in [3.05, 3.63) is 0 Å². The van der Waals surface area contributed by atoms with Crippen LogP contribution in [0.5, 0.6) is 0 Å². The molecule has 22 heavy (non-hydrogen) atoms. The van der Waals surface area contributed by atoms with Gasteiger partial charge >= 0.3 is 0 Å². The van der Waals surface area contributed by atoms with Crippen LogP contribution in [0.15, 0.2) is 4.99 Å². The van der Waals surface area contributed by atoms with Crippen molar-refractivity contribution in [3.8, 4) is 0 Å². The van der Waals surface area contributed by atoms with Gasteiger partial charge in [0.25, 0.3) is 0 Å². The van der Waals surface area contributed by atoms with E-state index < -0.39 is 0 Å². The quantitative estimate of drug-likeness (QED) is 0.278. The topological polar surface area (TPSA) is 66.0 Å². The largest absolute Gasteiger partial charge is 0.384 e. The molecule has 1 aliphatic carbocycles. The van der Waals surface area contributed by atoms with Gasteiger partial charge in [-0.1, -0.05) is 0 Å². The Labute approximate surface area is 150 Å². The van der Waals surface area contributed by atoms with Crippen LogP contribution >= 0.6 is 24.0 Å². The van der Waals surface area contributed by atoms with Gasteiger partial charge in [0.2, 0.25) is 5.91 Å². The van der Waals surface area contributed by atoms with Gasteiger partial charge in [-0.05, 0) is 26.2 Å². The normalized spacial score (nSPS) is 21.5. The molecule has 0 spiro atoms. The van der Waals surface area contributed by atoms with Crippen molar-refractivity contribution in [3.63, 3.8) is 0 Å². The summed E-state index contributed by atoms with van der Waals surface area (Å²) in [4.78, 5) is 18.5. The molecule has 128 valence electrons. The summed E-state index contributed by atoms with van der Waals surface area (Å²) in [5.41, 5.74) is 0. The Kier molecular flexibility index (Phi) is 9.08. The van der Waals surface area contributed by atoms with Crippen LogP contribution in [-0.4, -0.2) is 63.2 Å². The first-order valence-electron chi connectivity index (χ1n) is 8.04. The van der Waals surface area contributed by atoms with E-state index in [4.69, 9.17) is 4.74 Å². The molecule has 1 aliphatic heterocycles. The molecule has 1 unspecified atom stereocenters. The SMILES string of the molecule is CCNC(=NCCNC(=O)C1CC1)N1CCC(COC)C1.I. The van der Waals surface area contributed by atoms with Gasteiger partial charge in [0.1, 0.15) is 0 Å². The lowest BCUT2D eigenvalue weighted by atomic mass is 10.1. The summed E-state index contributed by atoms with van der Waals surface area (Å²) in [5, 5.41) is 6.28. The zero-order chi connectivity index (χ0) is 15.1. The highest BCUT2D eigenvalue weighted by atomic mass is 127. The molecule has 1 atom stereocenters. The van der Waals surface area contributed by atoms with Gasteiger partial charge in [-0.3, -0.25) is 9.79 Å². The first-order valence-corrected chi connectivity index (χ1v) is 8.04. The van der Waals surface area contributed by atoms with Gasteiger partial charge in [0.05, 0.1) is 13.2 Å². The van der Waals surface area contributed by atoms with Crippen molar-refractivity contribution >= 4 is 35.8 Å². The van der Waals surface area contributed by atoms with Crippen LogP contribution < -0.4 is 10.6 Å². The molecule has 0 bridgehead atoms. The molecule has 0 aromatic heterocycles. The van der Waals surface area contributed by atoms with Gasteiger partial charge in [-0.15, -0.1) is 24.0 Å². The predicted molar refractivity (Wildman–Crippen MR) is 98.7 cm³/mol. The Morgan fingerprint density at radius 3 is 2.73 bits per heavy atom. The number of carbonyl (C=O) groups excluding carboxylic acids is 1. The van der Waals surface area contributed by atoms with E-state index in [1.165, 1.54) is 0 Å². The zero-order valence-corrected chi connectivity index (χ0v) is 16.0. The second-order valence-electron chi connectivity index (χ2n) is 5.86. The van der Waals surface area contributed by atoms with Crippen LogP contribution in [0, 0.1) is 11.8 Å². The van der Waals surface area contributed by atoms with Gasteiger partial charge < -0.3 is 20.3 Å². The molecule has 2 aliphatic rings. The fraction of sp³-hybridized carbons (Fsp3) is 0.867. The van der Waals surface area contributed by atoms with Crippen LogP contribution in [0.3, 0.4) is 0 Å². The third-order valence-corrected chi connectivity index (χ3v) is 3.94. The molecule has 2 rings (SSSR count). The molecular weight excluding hydrogens is 395 g/mol. The van der Waals surface area contributed by atoms with E-state index in [2.05, 4.69) is 27.4 Å². The van der Waals surface area contributed by atoms with E-state index in [9.17, 15) is 4.79 Å². The van der Waals surface area contributed by atoms with Crippen LogP contribution in [0.2, 0.25) is 0 Å². The summed E-state index contributed by atoms with van der Waals surface area (Å²) in [6.45, 7) is 7.02. The van der Waals surface area contributed by atoms with Crippen LogP contribution in [0.1, 0.15) is 26.2 Å². The predicted octanol–water partition coefficient (Wildman–Crippen LogP) is 1.06. The molecule has 1 saturated heterocycles. The zero-order valence-electron chi connectivity index (χ0n) is 13.6.